The van der Waals surface area contributed by atoms with E-state index in [2.05, 4.69) is 9.93 Å². The van der Waals surface area contributed by atoms with E-state index in [0.29, 0.717) is 5.56 Å². The zero-order chi connectivity index (χ0) is 29.0. The predicted octanol–water partition coefficient (Wildman–Crippen LogP) is 2.64. The van der Waals surface area contributed by atoms with Crippen molar-refractivity contribution >= 4 is 27.7 Å². The van der Waals surface area contributed by atoms with Crippen LogP contribution in [0.3, 0.4) is 0 Å². The van der Waals surface area contributed by atoms with Crippen molar-refractivity contribution in [1.82, 2.24) is 4.83 Å². The molecule has 0 heterocycles. The van der Waals surface area contributed by atoms with Gasteiger partial charge in [0.15, 0.2) is 11.5 Å². The van der Waals surface area contributed by atoms with Gasteiger partial charge < -0.3 is 24.4 Å². The van der Waals surface area contributed by atoms with Gasteiger partial charge in [0.2, 0.25) is 0 Å². The number of ether oxygens (including phenoxy) is 3. The standard InChI is InChI=1S/C27H34N2O9S/c1-6-37-25(31)23-19(28-29-39(34,35)18-11-8-16(3)9-12-18)15-27(4,33)24(26(32)38-7-2)22(23)17-10-13-21(36-5)20(30)14-17/h8-14,22-24,29-30,33H,6-7,15H2,1-5H3/b28-19+. The van der Waals surface area contributed by atoms with Crippen LogP contribution in [0.1, 0.15) is 44.2 Å². The van der Waals surface area contributed by atoms with Gasteiger partial charge in [0.25, 0.3) is 10.0 Å². The van der Waals surface area contributed by atoms with E-state index in [9.17, 15) is 28.2 Å². The van der Waals surface area contributed by atoms with E-state index in [-0.39, 0.29) is 41.7 Å². The van der Waals surface area contributed by atoms with Crippen molar-refractivity contribution in [3.8, 4) is 11.5 Å². The van der Waals surface area contributed by atoms with E-state index in [4.69, 9.17) is 14.2 Å². The molecule has 0 amide bonds. The summed E-state index contributed by atoms with van der Waals surface area (Å²) in [6.07, 6.45) is -0.338. The first-order valence-electron chi connectivity index (χ1n) is 12.4. The molecule has 2 aromatic rings. The molecular weight excluding hydrogens is 528 g/mol. The second-order valence-corrected chi connectivity index (χ2v) is 11.1. The Hall–Kier alpha value is -3.64. The lowest BCUT2D eigenvalue weighted by Gasteiger charge is -2.45. The zero-order valence-electron chi connectivity index (χ0n) is 22.5. The maximum Gasteiger partial charge on any atom is 0.315 e. The number of sulfonamides is 1. The molecule has 3 rings (SSSR count). The molecule has 212 valence electrons. The van der Waals surface area contributed by atoms with Gasteiger partial charge in [0, 0.05) is 12.3 Å². The number of nitrogens with one attached hydrogen (secondary N) is 1. The number of hydrogen-bond acceptors (Lipinski definition) is 10. The van der Waals surface area contributed by atoms with Crippen LogP contribution in [-0.4, -0.2) is 62.2 Å². The Morgan fingerprint density at radius 3 is 2.26 bits per heavy atom. The Morgan fingerprint density at radius 1 is 1.08 bits per heavy atom. The lowest BCUT2D eigenvalue weighted by molar-refractivity contribution is -0.163. The van der Waals surface area contributed by atoms with Crippen molar-refractivity contribution < 1.29 is 42.4 Å². The number of nitrogens with zero attached hydrogens (tertiary/aromatic N) is 1. The minimum absolute atomic E-state index is 0.00123. The number of benzene rings is 2. The van der Waals surface area contributed by atoms with Crippen molar-refractivity contribution in [2.45, 2.75) is 50.5 Å². The van der Waals surface area contributed by atoms with E-state index in [0.717, 1.165) is 5.56 Å². The van der Waals surface area contributed by atoms with Crippen LogP contribution in [0.25, 0.3) is 0 Å². The Bertz CT molecular complexity index is 1340. The van der Waals surface area contributed by atoms with Crippen LogP contribution in [0.2, 0.25) is 0 Å². The highest BCUT2D eigenvalue weighted by Gasteiger charge is 2.56. The molecule has 0 bridgehead atoms. The molecule has 39 heavy (non-hydrogen) atoms. The SMILES string of the molecule is CCOC(=O)C1/C(=N/NS(=O)(=O)c2ccc(C)cc2)CC(C)(O)C(C(=O)OCC)C1c1ccc(OC)c(O)c1. The molecule has 4 atom stereocenters. The minimum Gasteiger partial charge on any atom is -0.504 e. The number of aliphatic hydroxyl groups is 1. The second-order valence-electron chi connectivity index (χ2n) is 9.46. The molecule has 0 radical (unpaired) electrons. The number of methoxy groups -OCH3 is 1. The number of phenols is 1. The topological polar surface area (TPSA) is 161 Å². The van der Waals surface area contributed by atoms with Gasteiger partial charge in [0.05, 0.1) is 42.4 Å². The van der Waals surface area contributed by atoms with Crippen LogP contribution in [-0.2, 0) is 29.1 Å². The molecule has 0 spiro atoms. The molecule has 0 saturated heterocycles. The largest absolute Gasteiger partial charge is 0.504 e. The molecule has 1 saturated carbocycles. The summed E-state index contributed by atoms with van der Waals surface area (Å²) in [4.78, 5) is 28.7. The van der Waals surface area contributed by atoms with Gasteiger partial charge in [-0.1, -0.05) is 23.8 Å². The highest BCUT2D eigenvalue weighted by atomic mass is 32.2. The Labute approximate surface area is 227 Å². The molecule has 3 N–H and O–H groups in total. The lowest BCUT2D eigenvalue weighted by atomic mass is 9.61. The number of phenolic OH excluding ortho intramolecular Hbond substituents is 1. The third kappa shape index (κ3) is 6.51. The molecule has 1 aliphatic carbocycles. The zero-order valence-corrected chi connectivity index (χ0v) is 23.3. The van der Waals surface area contributed by atoms with Gasteiger partial charge in [-0.2, -0.15) is 13.5 Å². The number of rotatable bonds is 9. The molecule has 1 aliphatic rings. The van der Waals surface area contributed by atoms with E-state index in [1.54, 1.807) is 26.0 Å². The summed E-state index contributed by atoms with van der Waals surface area (Å²) in [5.74, 6) is -5.37. The summed E-state index contributed by atoms with van der Waals surface area (Å²) in [6, 6.07) is 10.4. The van der Waals surface area contributed by atoms with Gasteiger partial charge in [0.1, 0.15) is 5.92 Å². The van der Waals surface area contributed by atoms with E-state index < -0.39 is 45.3 Å². The third-order valence-electron chi connectivity index (χ3n) is 6.60. The molecule has 4 unspecified atom stereocenters. The van der Waals surface area contributed by atoms with E-state index in [1.807, 2.05) is 6.92 Å². The van der Waals surface area contributed by atoms with Crippen molar-refractivity contribution in [3.63, 3.8) is 0 Å². The van der Waals surface area contributed by atoms with Crippen molar-refractivity contribution in [3.05, 3.63) is 53.6 Å². The van der Waals surface area contributed by atoms with Gasteiger partial charge in [-0.15, -0.1) is 0 Å². The second kappa shape index (κ2) is 12.0. The molecule has 2 aromatic carbocycles. The average Bonchev–Trinajstić information content (AvgIpc) is 2.87. The minimum atomic E-state index is -4.13. The lowest BCUT2D eigenvalue weighted by Crippen LogP contribution is -2.55. The molecular formula is C27H34N2O9S. The molecule has 12 heteroatoms. The van der Waals surface area contributed by atoms with Crippen LogP contribution in [0.5, 0.6) is 11.5 Å². The van der Waals surface area contributed by atoms with Crippen molar-refractivity contribution in [2.75, 3.05) is 20.3 Å². The molecule has 0 aliphatic heterocycles. The smallest absolute Gasteiger partial charge is 0.315 e. The fraction of sp³-hybridized carbons (Fsp3) is 0.444. The maximum absolute atomic E-state index is 13.4. The van der Waals surface area contributed by atoms with Crippen LogP contribution in [0.15, 0.2) is 52.5 Å². The number of carbonyl (C=O) groups excluding carboxylic acids is 2. The summed E-state index contributed by atoms with van der Waals surface area (Å²) in [6.45, 7) is 6.43. The van der Waals surface area contributed by atoms with E-state index in [1.165, 1.54) is 44.4 Å². The summed E-state index contributed by atoms with van der Waals surface area (Å²) < 4.78 is 41.6. The summed E-state index contributed by atoms with van der Waals surface area (Å²) in [5, 5.41) is 26.1. The Morgan fingerprint density at radius 2 is 1.69 bits per heavy atom. The normalized spacial score (nSPS) is 24.2. The van der Waals surface area contributed by atoms with Crippen molar-refractivity contribution in [1.29, 1.82) is 0 Å². The van der Waals surface area contributed by atoms with E-state index >= 15 is 0 Å². The predicted molar refractivity (Wildman–Crippen MR) is 142 cm³/mol. The van der Waals surface area contributed by atoms with Crippen LogP contribution >= 0.6 is 0 Å². The Kier molecular flexibility index (Phi) is 9.23. The first-order valence-corrected chi connectivity index (χ1v) is 13.9. The van der Waals surface area contributed by atoms with Crippen molar-refractivity contribution in [2.24, 2.45) is 16.9 Å². The third-order valence-corrected chi connectivity index (χ3v) is 7.82. The van der Waals surface area contributed by atoms with Gasteiger partial charge in [-0.25, -0.2) is 4.83 Å². The Balaban J connectivity index is 2.19. The first kappa shape index (κ1) is 29.9. The number of aryl methyl sites for hydroxylation is 1. The molecule has 1 fully saturated rings. The number of aromatic hydroxyl groups is 1. The van der Waals surface area contributed by atoms with Gasteiger partial charge in [-0.3, -0.25) is 9.59 Å². The number of hydrogen-bond donors (Lipinski definition) is 3. The summed E-state index contributed by atoms with van der Waals surface area (Å²) >= 11 is 0. The highest BCUT2D eigenvalue weighted by molar-refractivity contribution is 7.89. The molecule has 0 aromatic heterocycles. The average molecular weight is 563 g/mol. The van der Waals surface area contributed by atoms with Gasteiger partial charge in [-0.05, 0) is 57.5 Å². The van der Waals surface area contributed by atoms with Crippen LogP contribution < -0.4 is 9.57 Å². The fourth-order valence-electron chi connectivity index (χ4n) is 4.82. The summed E-state index contributed by atoms with van der Waals surface area (Å²) in [5.41, 5.74) is -0.709. The number of carbonyl (C=O) groups is 2. The van der Waals surface area contributed by atoms with Crippen LogP contribution in [0, 0.1) is 18.8 Å². The summed E-state index contributed by atoms with van der Waals surface area (Å²) in [7, 11) is -2.76. The monoisotopic (exact) mass is 562 g/mol. The quantitative estimate of drug-likeness (QED) is 0.308. The number of esters is 2. The molecule has 11 nitrogen and oxygen atoms in total. The van der Waals surface area contributed by atoms with Gasteiger partial charge >= 0.3 is 11.9 Å². The number of hydrazone groups is 1. The first-order chi connectivity index (χ1) is 18.4. The maximum atomic E-state index is 13.4. The fourth-order valence-corrected chi connectivity index (χ4v) is 5.65. The highest BCUT2D eigenvalue weighted by Crippen LogP contribution is 2.48. The van der Waals surface area contributed by atoms with Crippen LogP contribution in [0.4, 0.5) is 0 Å².